The summed E-state index contributed by atoms with van der Waals surface area (Å²) in [4.78, 5) is 86.7. The molecule has 3 fully saturated rings. The van der Waals surface area contributed by atoms with Crippen molar-refractivity contribution in [2.24, 2.45) is 11.5 Å². The molecule has 6 aromatic rings. The second kappa shape index (κ2) is 65.9. The van der Waals surface area contributed by atoms with Crippen molar-refractivity contribution in [3.8, 4) is 0 Å². The van der Waals surface area contributed by atoms with Crippen molar-refractivity contribution in [2.45, 2.75) is 361 Å². The van der Waals surface area contributed by atoms with E-state index in [2.05, 4.69) is 117 Å². The van der Waals surface area contributed by atoms with Gasteiger partial charge in [-0.15, -0.1) is 15.3 Å². The number of hydrogen-bond acceptors (Lipinski definition) is 32. The maximum Gasteiger partial charge on any atom is 0.303 e. The van der Waals surface area contributed by atoms with Gasteiger partial charge in [-0.05, 0) is 147 Å². The average Bonchev–Trinajstić information content (AvgIpc) is 1.62. The lowest BCUT2D eigenvalue weighted by Gasteiger charge is -2.24. The highest BCUT2D eigenvalue weighted by Crippen LogP contribution is 2.59. The number of nitrogens with one attached hydrogen (secondary N) is 2. The molecule has 47 heteroatoms. The Morgan fingerprint density at radius 3 is 0.957 bits per heavy atom. The Morgan fingerprint density at radius 2 is 0.660 bits per heavy atom. The first-order valence-corrected chi connectivity index (χ1v) is 73.0. The number of unbranched alkanes of at least 4 members (excludes halogenated alkanes) is 27. The molecule has 0 spiro atoms. The van der Waals surface area contributed by atoms with Gasteiger partial charge in [0.05, 0.1) is 85.6 Å². The minimum absolute atomic E-state index is 0. The van der Waals surface area contributed by atoms with E-state index in [0.717, 1.165) is 38.8 Å². The lowest BCUT2D eigenvalue weighted by molar-refractivity contribution is -0.165. The maximum absolute atomic E-state index is 13.3. The zero-order valence-electron chi connectivity index (χ0n) is 86.8. The smallest absolute Gasteiger partial charge is 0.303 e. The summed E-state index contributed by atoms with van der Waals surface area (Å²) in [5.74, 6) is -0.989. The topological polar surface area (TPSA) is 483 Å². The van der Waals surface area contributed by atoms with Gasteiger partial charge in [0.25, 0.3) is 0 Å². The summed E-state index contributed by atoms with van der Waals surface area (Å²) in [5.41, 5.74) is 12.1. The maximum atomic E-state index is 13.3. The summed E-state index contributed by atoms with van der Waals surface area (Å²) < 4.78 is 122. The summed E-state index contributed by atoms with van der Waals surface area (Å²) in [7, 11) is -14.2. The fourth-order valence-electron chi connectivity index (χ4n) is 17.1. The molecule has 810 valence electrons. The Hall–Kier alpha value is -3.91. The lowest BCUT2D eigenvalue weighted by Crippen LogP contribution is -2.39. The van der Waals surface area contributed by atoms with Gasteiger partial charge in [0.1, 0.15) is 36.6 Å². The number of nitrogens with two attached hydrogens (primary N) is 2. The Bertz CT molecular complexity index is 5020. The third kappa shape index (κ3) is 51.0. The van der Waals surface area contributed by atoms with Gasteiger partial charge in [0.2, 0.25) is 15.9 Å². The Balaban J connectivity index is 0.000000496. The van der Waals surface area contributed by atoms with Crippen molar-refractivity contribution in [2.75, 3.05) is 133 Å². The van der Waals surface area contributed by atoms with Crippen LogP contribution < -0.4 is 22.1 Å². The fraction of sp³-hybridized carbons (Fsp3) is 0.798. The Kier molecular flexibility index (Phi) is 61.4. The number of anilines is 2. The first-order valence-electron chi connectivity index (χ1n) is 49.8. The van der Waals surface area contributed by atoms with E-state index in [1.165, 1.54) is 225 Å². The summed E-state index contributed by atoms with van der Waals surface area (Å²) in [6.45, 7) is 34.4. The van der Waals surface area contributed by atoms with Crippen LogP contribution in [0.1, 0.15) is 286 Å². The molecule has 0 saturated carbocycles. The second-order valence-electron chi connectivity index (χ2n) is 39.7. The van der Waals surface area contributed by atoms with Crippen LogP contribution in [0, 0.1) is 0 Å². The number of fused-ring (bicyclic) bond motifs is 3. The average molecular weight is 2270 g/mol. The molecule has 8 N–H and O–H groups in total. The first kappa shape index (κ1) is 131. The summed E-state index contributed by atoms with van der Waals surface area (Å²) in [6, 6.07) is 0. The van der Waals surface area contributed by atoms with E-state index in [-0.39, 0.29) is 95.1 Å². The predicted molar refractivity (Wildman–Crippen MR) is 585 cm³/mol. The number of nitrogens with zero attached hydrogens (tertiary/aromatic N) is 12. The molecule has 0 amide bonds. The molecule has 3 aliphatic rings. The Labute approximate surface area is 868 Å². The summed E-state index contributed by atoms with van der Waals surface area (Å²) >= 11 is 28.2. The molecule has 141 heavy (non-hydrogen) atoms. The van der Waals surface area contributed by atoms with Crippen molar-refractivity contribution in [3.63, 3.8) is 0 Å². The van der Waals surface area contributed by atoms with E-state index in [1.54, 1.807) is 69.1 Å². The number of rotatable bonds is 56. The van der Waals surface area contributed by atoms with Crippen molar-refractivity contribution in [1.82, 2.24) is 58.6 Å². The van der Waals surface area contributed by atoms with E-state index >= 15 is 0 Å². The minimum atomic E-state index is -2.79. The molecule has 3 saturated heterocycles. The molecule has 6 aromatic heterocycles. The third-order valence-corrected chi connectivity index (χ3v) is 42.6. The van der Waals surface area contributed by atoms with Crippen LogP contribution in [0.5, 0.6) is 0 Å². The van der Waals surface area contributed by atoms with Gasteiger partial charge < -0.3 is 92.9 Å². The molecule has 0 aliphatic carbocycles. The number of aliphatic hydroxyl groups is 2. The van der Waals surface area contributed by atoms with Gasteiger partial charge in [-0.1, -0.05) is 233 Å². The van der Waals surface area contributed by atoms with E-state index < -0.39 is 147 Å². The molecule has 0 radical (unpaired) electrons. The highest BCUT2D eigenvalue weighted by atomic mass is 79.9. The molecule has 35 nitrogen and oxygen atoms in total. The molecule has 15 atom stereocenters. The van der Waals surface area contributed by atoms with Gasteiger partial charge in [-0.25, -0.2) is 19.9 Å². The van der Waals surface area contributed by atoms with Crippen molar-refractivity contribution < 1.29 is 89.9 Å². The lowest BCUT2D eigenvalue weighted by atomic mass is 10.1. The molecule has 6 unspecified atom stereocenters. The first-order chi connectivity index (χ1) is 65.7. The predicted octanol–water partition coefficient (Wildman–Crippen LogP) is 24.1. The largest absolute Gasteiger partial charge is 0.456 e. The molecule has 0 bridgehead atoms. The monoisotopic (exact) mass is 2260 g/mol. The van der Waals surface area contributed by atoms with Crippen LogP contribution in [0.25, 0.3) is 33.5 Å². The number of aliphatic hydroxyl groups excluding tert-OH is 2. The highest BCUT2D eigenvalue weighted by Gasteiger charge is 2.53. The van der Waals surface area contributed by atoms with Gasteiger partial charge in [0.15, 0.2) is 87.9 Å². The number of aromatic nitrogens is 12. The normalized spacial score (nSPS) is 20.9. The molecular formula is C94H171BrCl4N16O19P6Si. The zero-order valence-corrected chi connectivity index (χ0v) is 97.8. The van der Waals surface area contributed by atoms with Crippen LogP contribution in [0.15, 0.2) is 19.0 Å². The van der Waals surface area contributed by atoms with Crippen molar-refractivity contribution >= 4 is 180 Å². The summed E-state index contributed by atoms with van der Waals surface area (Å²) in [6.07, 6.45) is 33.0. The van der Waals surface area contributed by atoms with E-state index in [4.69, 9.17) is 85.3 Å². The van der Waals surface area contributed by atoms with Gasteiger partial charge in [-0.2, -0.15) is 24.9 Å². The fourth-order valence-corrected chi connectivity index (χ4v) is 39.3. The molecule has 0 aromatic carbocycles. The number of esters is 4. The third-order valence-electron chi connectivity index (χ3n) is 22.9. The zero-order chi connectivity index (χ0) is 105. The van der Waals surface area contributed by atoms with Gasteiger partial charge in [0, 0.05) is 59.3 Å². The number of hydrogen-bond donors (Lipinski definition) is 6. The second-order valence-corrected chi connectivity index (χ2v) is 74.3. The molecule has 9 heterocycles. The minimum Gasteiger partial charge on any atom is -0.456 e. The van der Waals surface area contributed by atoms with Crippen LogP contribution >= 0.6 is 105 Å². The number of imidazole rings is 3. The SMILES string of the molecule is C.CC(=O)OC1[C@@H](CCP(C)(=O)CP(C)(C)=O)O[C@@H](n2cnc3c(Cl)nc(Cl)nc32)[C@H]1OC(C)=O.CCCCCCCCCCCCN.CCCCCCCCCCCCNc1nc(Cl)nc2c1ncn2[C@@H]1O[C@H](CCP(C)(=O)CP(C)(C)=O)C(O)[C@@H]1O.CCCCCCCCCCCCNc1nc(Cl)nc2c1ncn2[C@@H]1O[C@H](CCP(C)(=O)CP(C)(C)=O)C(OC(C)=O)[C@@H]1OC(C)=O.CN.C[Si](C)(C)Br. The standard InChI is InChI=1S/C31H52ClN5O7P2.C27H48ClN5O5P2.C19H26Cl2N4O7P2.C12H27N.C3H9BrSi.CH5N.CH4/c1-7-8-9-10-11-12-13-14-15-16-18-33-28-25-29(36-31(32)35-28)37(20-34-25)30-27(43-23(3)39)26(42-22(2)38)24(44-30)17-19-46(6,41)21-45(4,5)40;1-5-6-7-8-9-10-11-12-13-14-16-29-24-21-25(32-27(28)31-24)33(18-30-21)26-23(35)22(34)20(38-26)15-17-40(4,37)19-39(2,3)36;1-10(26)30-14-12(6-7-34(5,29)9-33(3,4)28)32-18(15(14)31-11(2)27)25-8-22-13-16(20)23-19(21)24-17(13)25;1-2-3-4-5-6-7-8-9-10-11-12-13;1-5(2,3)4;1-2;/h20,24,26-27,30H,7-19,21H2,1-6H3,(H,33,35,36);18,20,22-23,26,34-35H,5-17,19H2,1-4H3,(H,29,31,32);8,12,14-15,18H,6-7,9H2,1-5H3;2-13H2,1H3;1-3H3;2H2,1H3;1H4/t24-,26?,27+,30-,46?;20-,22?,23+,26-,40?;12-,14?,15+,18-,34?;;;;/m111..../s1. The van der Waals surface area contributed by atoms with Crippen LogP contribution in [-0.4, -0.2) is 277 Å². The number of halogens is 5. The molecular weight excluding hydrogens is 2090 g/mol. The number of ether oxygens (including phenoxy) is 7. The van der Waals surface area contributed by atoms with Crippen molar-refractivity contribution in [3.05, 3.63) is 40.0 Å². The molecule has 3 aliphatic heterocycles. The van der Waals surface area contributed by atoms with Gasteiger partial charge in [-0.3, -0.25) is 32.9 Å². The van der Waals surface area contributed by atoms with Crippen LogP contribution in [-0.2, 0) is 79.7 Å². The quantitative estimate of drug-likeness (QED) is 0.00302. The highest BCUT2D eigenvalue weighted by molar-refractivity contribution is 9.26. The van der Waals surface area contributed by atoms with E-state index in [1.807, 2.05) is 0 Å². The van der Waals surface area contributed by atoms with Crippen LogP contribution in [0.2, 0.25) is 40.6 Å². The van der Waals surface area contributed by atoms with E-state index in [0.29, 0.717) is 40.5 Å². The summed E-state index contributed by atoms with van der Waals surface area (Å²) in [5, 5.41) is 28.1. The van der Waals surface area contributed by atoms with E-state index in [9.17, 15) is 56.8 Å². The van der Waals surface area contributed by atoms with Crippen molar-refractivity contribution in [1.29, 1.82) is 0 Å². The Morgan fingerprint density at radius 1 is 0.404 bits per heavy atom. The van der Waals surface area contributed by atoms with Gasteiger partial charge >= 0.3 is 23.9 Å². The molecule has 9 rings (SSSR count). The van der Waals surface area contributed by atoms with Crippen LogP contribution in [0.4, 0.5) is 11.6 Å². The number of carbonyl (C=O) groups excluding carboxylic acids is 4. The number of carbonyl (C=O) groups is 4. The van der Waals surface area contributed by atoms with Crippen LogP contribution in [0.3, 0.4) is 0 Å².